The number of nitrogens with zero attached hydrogens (tertiary/aromatic N) is 1. The lowest BCUT2D eigenvalue weighted by molar-refractivity contribution is 0.145. The van der Waals surface area contributed by atoms with Crippen LogP contribution in [-0.4, -0.2) is 45.4 Å². The van der Waals surface area contributed by atoms with Crippen LogP contribution in [0.1, 0.15) is 23.7 Å². The van der Waals surface area contributed by atoms with Gasteiger partial charge in [0.2, 0.25) is 0 Å². The minimum absolute atomic E-state index is 0.391. The van der Waals surface area contributed by atoms with Gasteiger partial charge in [0.25, 0.3) is 0 Å². The summed E-state index contributed by atoms with van der Waals surface area (Å²) in [6.45, 7) is 4.72. The highest BCUT2D eigenvalue weighted by Gasteiger charge is 2.16. The van der Waals surface area contributed by atoms with Gasteiger partial charge in [-0.2, -0.15) is 0 Å². The summed E-state index contributed by atoms with van der Waals surface area (Å²) >= 11 is 0. The van der Waals surface area contributed by atoms with E-state index in [1.54, 1.807) is 0 Å². The maximum atomic E-state index is 11.2. The van der Waals surface area contributed by atoms with Gasteiger partial charge in [0.1, 0.15) is 0 Å². The van der Waals surface area contributed by atoms with Crippen LogP contribution in [0.5, 0.6) is 0 Å². The van der Waals surface area contributed by atoms with Gasteiger partial charge in [0, 0.05) is 41.9 Å². The van der Waals surface area contributed by atoms with Crippen LogP contribution in [0.25, 0.3) is 0 Å². The lowest BCUT2D eigenvalue weighted by Crippen LogP contribution is -2.38. The molecule has 4 heteroatoms. The zero-order valence-electron chi connectivity index (χ0n) is 10.8. The lowest BCUT2D eigenvalue weighted by atomic mass is 10.0. The van der Waals surface area contributed by atoms with Gasteiger partial charge in [-0.25, -0.2) is 0 Å². The maximum Gasteiger partial charge on any atom is 0.0802 e. The second-order valence-corrected chi connectivity index (χ2v) is 6.60. The van der Waals surface area contributed by atoms with Crippen LogP contribution in [0.2, 0.25) is 0 Å². The number of hydrogen-bond acceptors (Lipinski definition) is 3. The fourth-order valence-electron chi connectivity index (χ4n) is 2.16. The maximum absolute atomic E-state index is 11.2. The molecule has 18 heavy (non-hydrogen) atoms. The molecular weight excluding hydrogens is 246 g/mol. The highest BCUT2D eigenvalue weighted by Crippen LogP contribution is 2.17. The van der Waals surface area contributed by atoms with Gasteiger partial charge in [-0.1, -0.05) is 29.8 Å². The van der Waals surface area contributed by atoms with Gasteiger partial charge >= 0.3 is 0 Å². The summed E-state index contributed by atoms with van der Waals surface area (Å²) in [5, 5.41) is 10.1. The SMILES string of the molecule is Cc1ccc(C(O)CCN2CCS(=O)CC2)cc1. The van der Waals surface area contributed by atoms with Crippen molar-refractivity contribution >= 4 is 10.8 Å². The average molecular weight is 267 g/mol. The normalized spacial score (nSPS) is 19.9. The molecule has 3 nitrogen and oxygen atoms in total. The Morgan fingerprint density at radius 2 is 1.89 bits per heavy atom. The quantitative estimate of drug-likeness (QED) is 0.898. The first kappa shape index (κ1) is 13.7. The Bertz CT molecular complexity index is 395. The third kappa shape index (κ3) is 3.90. The second kappa shape index (κ2) is 6.45. The number of aryl methyl sites for hydroxylation is 1. The van der Waals surface area contributed by atoms with Crippen molar-refractivity contribution in [3.63, 3.8) is 0 Å². The first-order valence-corrected chi connectivity index (χ1v) is 7.96. The van der Waals surface area contributed by atoms with Gasteiger partial charge in [-0.05, 0) is 18.9 Å². The van der Waals surface area contributed by atoms with Gasteiger partial charge in [-0.15, -0.1) is 0 Å². The van der Waals surface area contributed by atoms with E-state index >= 15 is 0 Å². The summed E-state index contributed by atoms with van der Waals surface area (Å²) in [4.78, 5) is 2.29. The molecule has 2 rings (SSSR count). The molecule has 1 fully saturated rings. The molecule has 1 aromatic carbocycles. The van der Waals surface area contributed by atoms with Gasteiger partial charge < -0.3 is 10.0 Å². The van der Waals surface area contributed by atoms with Crippen molar-refractivity contribution in [1.82, 2.24) is 4.90 Å². The Morgan fingerprint density at radius 3 is 2.50 bits per heavy atom. The Kier molecular flexibility index (Phi) is 4.92. The van der Waals surface area contributed by atoms with E-state index in [9.17, 15) is 9.32 Å². The summed E-state index contributed by atoms with van der Waals surface area (Å²) in [6.07, 6.45) is 0.355. The van der Waals surface area contributed by atoms with E-state index in [0.717, 1.165) is 43.1 Å². The molecule has 1 aliphatic rings. The molecule has 0 saturated carbocycles. The van der Waals surface area contributed by atoms with Crippen molar-refractivity contribution in [3.8, 4) is 0 Å². The molecule has 0 aliphatic carbocycles. The molecule has 100 valence electrons. The van der Waals surface area contributed by atoms with Crippen molar-refractivity contribution in [1.29, 1.82) is 0 Å². The highest BCUT2D eigenvalue weighted by atomic mass is 32.2. The summed E-state index contributed by atoms with van der Waals surface area (Å²) in [6, 6.07) is 8.04. The predicted molar refractivity (Wildman–Crippen MR) is 75.1 cm³/mol. The van der Waals surface area contributed by atoms with Gasteiger partial charge in [0.15, 0.2) is 0 Å². The molecule has 1 atom stereocenters. The summed E-state index contributed by atoms with van der Waals surface area (Å²) in [5.74, 6) is 1.56. The van der Waals surface area contributed by atoms with E-state index in [0.29, 0.717) is 0 Å². The molecule has 0 spiro atoms. The van der Waals surface area contributed by atoms with Crippen LogP contribution in [0, 0.1) is 6.92 Å². The standard InChI is InChI=1S/C14H21NO2S/c1-12-2-4-13(5-3-12)14(16)6-7-15-8-10-18(17)11-9-15/h2-5,14,16H,6-11H2,1H3. The molecule has 1 unspecified atom stereocenters. The van der Waals surface area contributed by atoms with E-state index < -0.39 is 16.9 Å². The number of aliphatic hydroxyl groups is 1. The van der Waals surface area contributed by atoms with Gasteiger partial charge in [0.05, 0.1) is 6.10 Å². The first-order valence-electron chi connectivity index (χ1n) is 6.47. The molecule has 1 saturated heterocycles. The van der Waals surface area contributed by atoms with Crippen molar-refractivity contribution in [2.24, 2.45) is 0 Å². The first-order chi connectivity index (χ1) is 8.65. The van der Waals surface area contributed by atoms with Crippen molar-refractivity contribution in [2.45, 2.75) is 19.4 Å². The topological polar surface area (TPSA) is 40.5 Å². The van der Waals surface area contributed by atoms with Crippen molar-refractivity contribution < 1.29 is 9.32 Å². The number of hydrogen-bond donors (Lipinski definition) is 1. The van der Waals surface area contributed by atoms with E-state index in [2.05, 4.69) is 4.90 Å². The van der Waals surface area contributed by atoms with Gasteiger partial charge in [-0.3, -0.25) is 4.21 Å². The molecule has 0 bridgehead atoms. The minimum Gasteiger partial charge on any atom is -0.388 e. The largest absolute Gasteiger partial charge is 0.388 e. The van der Waals surface area contributed by atoms with Crippen LogP contribution < -0.4 is 0 Å². The lowest BCUT2D eigenvalue weighted by Gasteiger charge is -2.26. The second-order valence-electron chi connectivity index (χ2n) is 4.90. The van der Waals surface area contributed by atoms with E-state index in [4.69, 9.17) is 0 Å². The fraction of sp³-hybridized carbons (Fsp3) is 0.571. The predicted octanol–water partition coefficient (Wildman–Crippen LogP) is 1.48. The molecule has 1 aromatic rings. The monoisotopic (exact) mass is 267 g/mol. The Balaban J connectivity index is 1.79. The van der Waals surface area contributed by atoms with Crippen molar-refractivity contribution in [2.75, 3.05) is 31.1 Å². The molecule has 1 heterocycles. The van der Waals surface area contributed by atoms with Crippen LogP contribution in [0.15, 0.2) is 24.3 Å². The van der Waals surface area contributed by atoms with Crippen LogP contribution >= 0.6 is 0 Å². The molecule has 0 radical (unpaired) electrons. The molecule has 0 amide bonds. The number of benzene rings is 1. The van der Waals surface area contributed by atoms with E-state index in [1.807, 2.05) is 31.2 Å². The average Bonchev–Trinajstić information content (AvgIpc) is 2.38. The van der Waals surface area contributed by atoms with Crippen LogP contribution in [-0.2, 0) is 10.8 Å². The molecule has 1 N–H and O–H groups in total. The van der Waals surface area contributed by atoms with E-state index in [-0.39, 0.29) is 0 Å². The Morgan fingerprint density at radius 1 is 1.28 bits per heavy atom. The summed E-state index contributed by atoms with van der Waals surface area (Å²) in [5.41, 5.74) is 2.20. The van der Waals surface area contributed by atoms with E-state index in [1.165, 1.54) is 5.56 Å². The summed E-state index contributed by atoms with van der Waals surface area (Å²) in [7, 11) is -0.618. The molecule has 0 aromatic heterocycles. The molecule has 1 aliphatic heterocycles. The highest BCUT2D eigenvalue weighted by molar-refractivity contribution is 7.85. The van der Waals surface area contributed by atoms with Crippen LogP contribution in [0.4, 0.5) is 0 Å². The Hall–Kier alpha value is -0.710. The van der Waals surface area contributed by atoms with Crippen LogP contribution in [0.3, 0.4) is 0 Å². The third-order valence-corrected chi connectivity index (χ3v) is 4.73. The number of aliphatic hydroxyl groups excluding tert-OH is 1. The number of rotatable bonds is 4. The minimum atomic E-state index is -0.618. The fourth-order valence-corrected chi connectivity index (χ4v) is 3.29. The smallest absolute Gasteiger partial charge is 0.0802 e. The molecular formula is C14H21NO2S. The Labute approximate surface area is 111 Å². The zero-order chi connectivity index (χ0) is 13.0. The summed E-state index contributed by atoms with van der Waals surface area (Å²) < 4.78 is 11.2. The van der Waals surface area contributed by atoms with Crippen molar-refractivity contribution in [3.05, 3.63) is 35.4 Å². The third-order valence-electron chi connectivity index (χ3n) is 3.45. The zero-order valence-corrected chi connectivity index (χ0v) is 11.7.